The van der Waals surface area contributed by atoms with Crippen LogP contribution in [0, 0.1) is 11.8 Å². The highest BCUT2D eigenvalue weighted by atomic mass is 16.5. The van der Waals surface area contributed by atoms with E-state index >= 15 is 0 Å². The van der Waals surface area contributed by atoms with Crippen molar-refractivity contribution in [3.05, 3.63) is 53.9 Å². The molecule has 2 N–H and O–H groups in total. The van der Waals surface area contributed by atoms with Crippen molar-refractivity contribution < 1.29 is 9.53 Å². The summed E-state index contributed by atoms with van der Waals surface area (Å²) in [6, 6.07) is 10.6. The minimum atomic E-state index is -0.446. The Balaban J connectivity index is 1.33. The van der Waals surface area contributed by atoms with Gasteiger partial charge < -0.3 is 15.4 Å². The first-order valence-corrected chi connectivity index (χ1v) is 9.30. The Bertz CT molecular complexity index is 847. The number of primary amides is 1. The number of piperidine rings is 1. The topological polar surface area (TPSA) is 68.5 Å². The third-order valence-electron chi connectivity index (χ3n) is 6.26. The van der Waals surface area contributed by atoms with Crippen LogP contribution in [0.25, 0.3) is 11.1 Å². The molecule has 1 saturated carbocycles. The van der Waals surface area contributed by atoms with Gasteiger partial charge in [-0.25, -0.2) is 0 Å². The number of rotatable bonds is 5. The van der Waals surface area contributed by atoms with Crippen LogP contribution in [-0.4, -0.2) is 48.6 Å². The fourth-order valence-corrected chi connectivity index (χ4v) is 4.66. The van der Waals surface area contributed by atoms with Crippen molar-refractivity contribution in [2.24, 2.45) is 17.6 Å². The first-order valence-electron chi connectivity index (χ1n) is 9.30. The molecule has 0 bridgehead atoms. The number of hydrogen-bond acceptors (Lipinski definition) is 4. The molecule has 1 aliphatic carbocycles. The Hall–Kier alpha value is -2.24. The van der Waals surface area contributed by atoms with Gasteiger partial charge in [0.2, 0.25) is 5.91 Å². The molecule has 3 heterocycles. The number of benzene rings is 1. The van der Waals surface area contributed by atoms with Gasteiger partial charge in [0.05, 0.1) is 18.8 Å². The second kappa shape index (κ2) is 5.89. The van der Waals surface area contributed by atoms with E-state index in [1.807, 2.05) is 0 Å². The summed E-state index contributed by atoms with van der Waals surface area (Å²) < 4.78 is 5.31. The maximum absolute atomic E-state index is 11.4. The van der Waals surface area contributed by atoms with E-state index in [-0.39, 0.29) is 0 Å². The fraction of sp³-hybridized carbons (Fsp3) is 0.429. The molecule has 2 atom stereocenters. The molecule has 2 aliphatic heterocycles. The summed E-state index contributed by atoms with van der Waals surface area (Å²) in [6.45, 7) is 5.44. The lowest BCUT2D eigenvalue weighted by Crippen LogP contribution is -2.40. The van der Waals surface area contributed by atoms with Crippen molar-refractivity contribution in [3.8, 4) is 11.1 Å². The molecule has 2 aromatic rings. The zero-order valence-electron chi connectivity index (χ0n) is 14.7. The normalized spacial score (nSPS) is 27.8. The predicted octanol–water partition coefficient (Wildman–Crippen LogP) is 2.07. The Morgan fingerprint density at radius 3 is 2.73 bits per heavy atom. The number of ether oxygens (including phenoxy) is 1. The van der Waals surface area contributed by atoms with Gasteiger partial charge >= 0.3 is 0 Å². The summed E-state index contributed by atoms with van der Waals surface area (Å²) in [5.74, 6) is 1.09. The quantitative estimate of drug-likeness (QED) is 0.897. The van der Waals surface area contributed by atoms with E-state index in [1.54, 1.807) is 12.3 Å². The molecular weight excluding hydrogens is 326 g/mol. The predicted molar refractivity (Wildman–Crippen MR) is 98.7 cm³/mol. The SMILES string of the molecule is NC(=O)c1cncc(-c2ccc([C@]34C[C@H]3CN(CC3COC3)C4)cc2)c1. The first-order chi connectivity index (χ1) is 12.6. The zero-order valence-corrected chi connectivity index (χ0v) is 14.7. The number of carbonyl (C=O) groups is 1. The molecule has 0 spiro atoms. The Labute approximate surface area is 153 Å². The van der Waals surface area contributed by atoms with E-state index in [1.165, 1.54) is 37.8 Å². The van der Waals surface area contributed by atoms with Gasteiger partial charge in [-0.15, -0.1) is 0 Å². The highest BCUT2D eigenvalue weighted by molar-refractivity contribution is 5.93. The third-order valence-corrected chi connectivity index (χ3v) is 6.26. The number of nitrogens with zero attached hydrogens (tertiary/aromatic N) is 2. The molecule has 134 valence electrons. The van der Waals surface area contributed by atoms with Gasteiger partial charge in [0, 0.05) is 48.9 Å². The summed E-state index contributed by atoms with van der Waals surface area (Å²) in [5.41, 5.74) is 9.60. The van der Waals surface area contributed by atoms with E-state index in [4.69, 9.17) is 10.5 Å². The summed E-state index contributed by atoms with van der Waals surface area (Å²) in [5, 5.41) is 0. The summed E-state index contributed by atoms with van der Waals surface area (Å²) >= 11 is 0. The molecule has 3 fully saturated rings. The van der Waals surface area contributed by atoms with Crippen LogP contribution in [0.3, 0.4) is 0 Å². The van der Waals surface area contributed by atoms with Gasteiger partial charge in [0.25, 0.3) is 0 Å². The summed E-state index contributed by atoms with van der Waals surface area (Å²) in [6.07, 6.45) is 4.59. The lowest BCUT2D eigenvalue weighted by Gasteiger charge is -2.31. The fourth-order valence-electron chi connectivity index (χ4n) is 4.66. The molecule has 3 aliphatic rings. The molecule has 26 heavy (non-hydrogen) atoms. The Morgan fingerprint density at radius 2 is 2.04 bits per heavy atom. The zero-order chi connectivity index (χ0) is 17.7. The summed E-state index contributed by atoms with van der Waals surface area (Å²) in [4.78, 5) is 18.1. The molecule has 5 nitrogen and oxygen atoms in total. The van der Waals surface area contributed by atoms with E-state index in [0.29, 0.717) is 11.0 Å². The van der Waals surface area contributed by atoms with Crippen molar-refractivity contribution in [2.45, 2.75) is 11.8 Å². The van der Waals surface area contributed by atoms with Crippen LogP contribution >= 0.6 is 0 Å². The highest BCUT2D eigenvalue weighted by Crippen LogP contribution is 2.59. The van der Waals surface area contributed by atoms with E-state index in [0.717, 1.165) is 36.2 Å². The third kappa shape index (κ3) is 2.63. The molecular formula is C21H23N3O2. The van der Waals surface area contributed by atoms with E-state index in [9.17, 15) is 4.79 Å². The largest absolute Gasteiger partial charge is 0.381 e. The van der Waals surface area contributed by atoms with Crippen molar-refractivity contribution >= 4 is 5.91 Å². The second-order valence-electron chi connectivity index (χ2n) is 8.06. The van der Waals surface area contributed by atoms with Gasteiger partial charge in [-0.3, -0.25) is 9.78 Å². The number of pyridine rings is 1. The molecule has 1 aromatic heterocycles. The van der Waals surface area contributed by atoms with E-state index in [2.05, 4.69) is 34.1 Å². The summed E-state index contributed by atoms with van der Waals surface area (Å²) in [7, 11) is 0. The van der Waals surface area contributed by atoms with Crippen LogP contribution < -0.4 is 5.73 Å². The maximum Gasteiger partial charge on any atom is 0.250 e. The van der Waals surface area contributed by atoms with Gasteiger partial charge in [0.15, 0.2) is 0 Å². The number of carbonyl (C=O) groups excluding carboxylic acids is 1. The van der Waals surface area contributed by atoms with Crippen LogP contribution in [0.1, 0.15) is 22.3 Å². The average molecular weight is 349 g/mol. The van der Waals surface area contributed by atoms with Crippen molar-refractivity contribution in [2.75, 3.05) is 32.8 Å². The standard InChI is InChI=1S/C21H23N3O2/c22-20(25)17-5-16(7-23-8-17)15-1-3-18(4-2-15)21-6-19(21)10-24(13-21)9-14-11-26-12-14/h1-5,7-8,14,19H,6,9-13H2,(H2,22,25)/t19-,21+/m0/s1. The van der Waals surface area contributed by atoms with Crippen LogP contribution in [-0.2, 0) is 10.2 Å². The monoisotopic (exact) mass is 349 g/mol. The smallest absolute Gasteiger partial charge is 0.250 e. The molecule has 2 saturated heterocycles. The number of likely N-dealkylation sites (tertiary alicyclic amines) is 1. The minimum Gasteiger partial charge on any atom is -0.381 e. The molecule has 5 heteroatoms. The van der Waals surface area contributed by atoms with Crippen LogP contribution in [0.2, 0.25) is 0 Å². The average Bonchev–Trinajstić information content (AvgIpc) is 3.20. The van der Waals surface area contributed by atoms with Gasteiger partial charge in [0.1, 0.15) is 0 Å². The number of aromatic nitrogens is 1. The van der Waals surface area contributed by atoms with Crippen molar-refractivity contribution in [1.82, 2.24) is 9.88 Å². The van der Waals surface area contributed by atoms with Crippen molar-refractivity contribution in [1.29, 1.82) is 0 Å². The van der Waals surface area contributed by atoms with Crippen molar-refractivity contribution in [3.63, 3.8) is 0 Å². The van der Waals surface area contributed by atoms with Crippen LogP contribution in [0.5, 0.6) is 0 Å². The molecule has 0 unspecified atom stereocenters. The maximum atomic E-state index is 11.4. The Morgan fingerprint density at radius 1 is 1.23 bits per heavy atom. The number of amides is 1. The van der Waals surface area contributed by atoms with Gasteiger partial charge in [-0.2, -0.15) is 0 Å². The number of nitrogens with two attached hydrogens (primary N) is 1. The minimum absolute atomic E-state index is 0.358. The molecule has 1 amide bonds. The molecule has 5 rings (SSSR count). The number of fused-ring (bicyclic) bond motifs is 1. The second-order valence-corrected chi connectivity index (χ2v) is 8.06. The van der Waals surface area contributed by atoms with Crippen LogP contribution in [0.4, 0.5) is 0 Å². The Kier molecular flexibility index (Phi) is 3.62. The molecule has 1 aromatic carbocycles. The lowest BCUT2D eigenvalue weighted by molar-refractivity contribution is -0.0452. The van der Waals surface area contributed by atoms with Crippen LogP contribution in [0.15, 0.2) is 42.7 Å². The van der Waals surface area contributed by atoms with Gasteiger partial charge in [-0.05, 0) is 29.5 Å². The molecule has 0 radical (unpaired) electrons. The van der Waals surface area contributed by atoms with Gasteiger partial charge in [-0.1, -0.05) is 24.3 Å². The lowest BCUT2D eigenvalue weighted by atomic mass is 9.93. The first kappa shape index (κ1) is 16.0. The highest BCUT2D eigenvalue weighted by Gasteiger charge is 2.60. The number of hydrogen-bond donors (Lipinski definition) is 1. The van der Waals surface area contributed by atoms with E-state index < -0.39 is 5.91 Å².